The highest BCUT2D eigenvalue weighted by Crippen LogP contribution is 2.19. The number of carbonyl (C=O) groups excluding carboxylic acids is 1. The number of rotatable bonds is 7. The number of likely N-dealkylation sites (N-methyl/N-ethyl adjacent to an activating group) is 1. The molecule has 7 heteroatoms. The third-order valence-electron chi connectivity index (χ3n) is 2.72. The molecule has 1 amide bonds. The second-order valence-corrected chi connectivity index (χ2v) is 5.29. The van der Waals surface area contributed by atoms with Crippen LogP contribution in [0.5, 0.6) is 5.75 Å². The summed E-state index contributed by atoms with van der Waals surface area (Å²) < 4.78 is 12.0. The zero-order chi connectivity index (χ0) is 15.1. The molecule has 1 aromatic carbocycles. The fraction of sp³-hybridized carbons (Fsp3) is 0.267. The van der Waals surface area contributed by atoms with Crippen molar-refractivity contribution in [2.45, 2.75) is 6.61 Å². The molecule has 5 nitrogen and oxygen atoms in total. The summed E-state index contributed by atoms with van der Waals surface area (Å²) in [5.41, 5.74) is 0. The minimum atomic E-state index is -0.223. The van der Waals surface area contributed by atoms with Gasteiger partial charge in [-0.25, -0.2) is 0 Å². The van der Waals surface area contributed by atoms with Crippen LogP contribution < -0.4 is 15.4 Å². The molecule has 0 fully saturated rings. The zero-order valence-corrected chi connectivity index (χ0v) is 14.5. The number of furan rings is 1. The first kappa shape index (κ1) is 18.5. The maximum atomic E-state index is 11.8. The third kappa shape index (κ3) is 5.71. The Labute approximate surface area is 144 Å². The van der Waals surface area contributed by atoms with Crippen molar-refractivity contribution >= 4 is 34.2 Å². The Morgan fingerprint density at radius 1 is 1.27 bits per heavy atom. The molecule has 0 unspecified atom stereocenters. The van der Waals surface area contributed by atoms with E-state index in [1.54, 1.807) is 12.1 Å². The van der Waals surface area contributed by atoms with Crippen LogP contribution in [0.1, 0.15) is 16.3 Å². The van der Waals surface area contributed by atoms with E-state index >= 15 is 0 Å². The summed E-state index contributed by atoms with van der Waals surface area (Å²) in [6.07, 6.45) is 0. The molecule has 2 N–H and O–H groups in total. The van der Waals surface area contributed by atoms with Crippen molar-refractivity contribution in [3.63, 3.8) is 0 Å². The van der Waals surface area contributed by atoms with Gasteiger partial charge in [-0.15, -0.1) is 12.4 Å². The van der Waals surface area contributed by atoms with Gasteiger partial charge < -0.3 is 19.8 Å². The summed E-state index contributed by atoms with van der Waals surface area (Å²) in [5, 5.41) is 5.71. The Morgan fingerprint density at radius 3 is 2.82 bits per heavy atom. The predicted molar refractivity (Wildman–Crippen MR) is 90.7 cm³/mol. The summed E-state index contributed by atoms with van der Waals surface area (Å²) in [7, 11) is 1.83. The van der Waals surface area contributed by atoms with Gasteiger partial charge in [0.1, 0.15) is 18.1 Å². The van der Waals surface area contributed by atoms with E-state index in [0.29, 0.717) is 24.6 Å². The largest absolute Gasteiger partial charge is 0.486 e. The molecule has 0 bridgehead atoms. The number of hydrogen-bond acceptors (Lipinski definition) is 4. The van der Waals surface area contributed by atoms with Crippen LogP contribution in [0.2, 0.25) is 0 Å². The summed E-state index contributed by atoms with van der Waals surface area (Å²) in [6, 6.07) is 10.9. The molecule has 0 spiro atoms. The molecule has 2 rings (SSSR count). The van der Waals surface area contributed by atoms with Crippen LogP contribution in [0.25, 0.3) is 0 Å². The van der Waals surface area contributed by atoms with Crippen LogP contribution in [-0.4, -0.2) is 26.0 Å². The summed E-state index contributed by atoms with van der Waals surface area (Å²) >= 11 is 3.38. The molecule has 0 aliphatic carbocycles. The Morgan fingerprint density at radius 2 is 2.09 bits per heavy atom. The van der Waals surface area contributed by atoms with Gasteiger partial charge >= 0.3 is 0 Å². The van der Waals surface area contributed by atoms with Crippen LogP contribution in [-0.2, 0) is 6.61 Å². The normalized spacial score (nSPS) is 9.91. The first-order valence-electron chi connectivity index (χ1n) is 6.59. The predicted octanol–water partition coefficient (Wildman–Crippen LogP) is 2.99. The Balaban J connectivity index is 0.00000242. The average Bonchev–Trinajstić information content (AvgIpc) is 2.94. The second-order valence-electron chi connectivity index (χ2n) is 4.37. The molecule has 0 saturated heterocycles. The summed E-state index contributed by atoms with van der Waals surface area (Å²) in [4.78, 5) is 11.8. The number of hydrogen-bond donors (Lipinski definition) is 2. The molecule has 0 aliphatic heterocycles. The minimum Gasteiger partial charge on any atom is -0.486 e. The Kier molecular flexibility index (Phi) is 8.01. The van der Waals surface area contributed by atoms with Gasteiger partial charge in [0.15, 0.2) is 5.76 Å². The van der Waals surface area contributed by atoms with Crippen molar-refractivity contribution in [3.8, 4) is 5.75 Å². The number of halogens is 2. The van der Waals surface area contributed by atoms with Crippen LogP contribution in [0, 0.1) is 0 Å². The maximum absolute atomic E-state index is 11.8. The van der Waals surface area contributed by atoms with Crippen molar-refractivity contribution in [1.29, 1.82) is 0 Å². The van der Waals surface area contributed by atoms with E-state index in [2.05, 4.69) is 26.6 Å². The van der Waals surface area contributed by atoms with E-state index in [1.807, 2.05) is 31.3 Å². The first-order valence-corrected chi connectivity index (χ1v) is 7.38. The van der Waals surface area contributed by atoms with Gasteiger partial charge in [-0.2, -0.15) is 0 Å². The molecule has 0 radical (unpaired) electrons. The fourth-order valence-electron chi connectivity index (χ4n) is 1.68. The van der Waals surface area contributed by atoms with E-state index in [4.69, 9.17) is 9.15 Å². The topological polar surface area (TPSA) is 63.5 Å². The number of carbonyl (C=O) groups is 1. The van der Waals surface area contributed by atoms with Gasteiger partial charge in [-0.3, -0.25) is 4.79 Å². The minimum absolute atomic E-state index is 0. The number of benzene rings is 1. The van der Waals surface area contributed by atoms with Crippen LogP contribution in [0.15, 0.2) is 45.3 Å². The van der Waals surface area contributed by atoms with E-state index < -0.39 is 0 Å². The molecule has 0 aliphatic rings. The maximum Gasteiger partial charge on any atom is 0.287 e. The number of nitrogens with one attached hydrogen (secondary N) is 2. The molecule has 120 valence electrons. The highest BCUT2D eigenvalue weighted by Gasteiger charge is 2.10. The molecular formula is C15H18BrClN2O3. The monoisotopic (exact) mass is 388 g/mol. The van der Waals surface area contributed by atoms with E-state index in [0.717, 1.165) is 10.2 Å². The van der Waals surface area contributed by atoms with Crippen LogP contribution >= 0.6 is 28.3 Å². The van der Waals surface area contributed by atoms with Crippen molar-refractivity contribution in [1.82, 2.24) is 10.6 Å². The van der Waals surface area contributed by atoms with Gasteiger partial charge in [-0.05, 0) is 37.4 Å². The van der Waals surface area contributed by atoms with Crippen molar-refractivity contribution < 1.29 is 13.9 Å². The van der Waals surface area contributed by atoms with Crippen molar-refractivity contribution in [3.05, 3.63) is 52.4 Å². The smallest absolute Gasteiger partial charge is 0.287 e. The van der Waals surface area contributed by atoms with Crippen LogP contribution in [0.4, 0.5) is 0 Å². The van der Waals surface area contributed by atoms with Crippen LogP contribution in [0.3, 0.4) is 0 Å². The molecule has 1 aromatic heterocycles. The molecule has 2 aromatic rings. The SMILES string of the molecule is CNCCNC(=O)c1ccc(COc2cccc(Br)c2)o1.Cl. The lowest BCUT2D eigenvalue weighted by Gasteiger charge is -2.04. The van der Waals surface area contributed by atoms with Crippen molar-refractivity contribution in [2.24, 2.45) is 0 Å². The Bertz CT molecular complexity index is 604. The van der Waals surface area contributed by atoms with Gasteiger partial charge in [0.25, 0.3) is 5.91 Å². The molecule has 0 saturated carbocycles. The van der Waals surface area contributed by atoms with Crippen molar-refractivity contribution in [2.75, 3.05) is 20.1 Å². The highest BCUT2D eigenvalue weighted by atomic mass is 79.9. The Hall–Kier alpha value is -1.50. The van der Waals surface area contributed by atoms with E-state index in [1.165, 1.54) is 0 Å². The standard InChI is InChI=1S/C15H17BrN2O3.ClH/c1-17-7-8-18-15(19)14-6-5-13(21-14)10-20-12-4-2-3-11(16)9-12;/h2-6,9,17H,7-8,10H2,1H3,(H,18,19);1H. The first-order chi connectivity index (χ1) is 10.2. The highest BCUT2D eigenvalue weighted by molar-refractivity contribution is 9.10. The van der Waals surface area contributed by atoms with Gasteiger partial charge in [-0.1, -0.05) is 22.0 Å². The summed E-state index contributed by atoms with van der Waals surface area (Å²) in [5.74, 6) is 1.41. The molecular weight excluding hydrogens is 372 g/mol. The lowest BCUT2D eigenvalue weighted by Crippen LogP contribution is -2.30. The van der Waals surface area contributed by atoms with E-state index in [9.17, 15) is 4.79 Å². The lowest BCUT2D eigenvalue weighted by atomic mass is 10.3. The zero-order valence-electron chi connectivity index (χ0n) is 12.1. The van der Waals surface area contributed by atoms with E-state index in [-0.39, 0.29) is 24.9 Å². The number of ether oxygens (including phenoxy) is 1. The average molecular weight is 390 g/mol. The lowest BCUT2D eigenvalue weighted by molar-refractivity contribution is 0.0922. The van der Waals surface area contributed by atoms with Gasteiger partial charge in [0, 0.05) is 17.6 Å². The fourth-order valence-corrected chi connectivity index (χ4v) is 2.06. The molecule has 22 heavy (non-hydrogen) atoms. The van der Waals surface area contributed by atoms with Gasteiger partial charge in [0.05, 0.1) is 0 Å². The second kappa shape index (κ2) is 9.50. The third-order valence-corrected chi connectivity index (χ3v) is 3.22. The summed E-state index contributed by atoms with van der Waals surface area (Å²) in [6.45, 7) is 1.55. The molecule has 0 atom stereocenters. The van der Waals surface area contributed by atoms with Gasteiger partial charge in [0.2, 0.25) is 0 Å². The molecule has 1 heterocycles. The quantitative estimate of drug-likeness (QED) is 0.715. The number of amides is 1.